The number of nitrogens with zero attached hydrogens (tertiary/aromatic N) is 3. The maximum atomic E-state index is 12.9. The van der Waals surface area contributed by atoms with Crippen LogP contribution in [0, 0.1) is 12.8 Å². The van der Waals surface area contributed by atoms with Gasteiger partial charge in [0.25, 0.3) is 0 Å². The molecule has 2 amide bonds. The summed E-state index contributed by atoms with van der Waals surface area (Å²) in [4.78, 5) is 31.2. The summed E-state index contributed by atoms with van der Waals surface area (Å²) in [5.41, 5.74) is 4.24. The van der Waals surface area contributed by atoms with Crippen LogP contribution in [0.3, 0.4) is 0 Å². The van der Waals surface area contributed by atoms with Crippen LogP contribution in [0.5, 0.6) is 0 Å². The molecule has 29 heavy (non-hydrogen) atoms. The van der Waals surface area contributed by atoms with Gasteiger partial charge in [-0.25, -0.2) is 4.98 Å². The Hall–Kier alpha value is -3.15. The fourth-order valence-corrected chi connectivity index (χ4v) is 4.10. The van der Waals surface area contributed by atoms with Crippen molar-refractivity contribution < 1.29 is 9.59 Å². The van der Waals surface area contributed by atoms with Crippen LogP contribution in [0.25, 0.3) is 11.0 Å². The molecule has 1 aliphatic rings. The number of para-hydroxylation sites is 2. The number of aromatic nitrogens is 2. The number of carbonyl (C=O) groups is 2. The van der Waals surface area contributed by atoms with Gasteiger partial charge < -0.3 is 14.8 Å². The third kappa shape index (κ3) is 3.88. The van der Waals surface area contributed by atoms with Crippen molar-refractivity contribution in [1.29, 1.82) is 0 Å². The van der Waals surface area contributed by atoms with Gasteiger partial charge in [0.15, 0.2) is 0 Å². The molecule has 1 fully saturated rings. The van der Waals surface area contributed by atoms with Gasteiger partial charge in [0, 0.05) is 26.6 Å². The first kappa shape index (κ1) is 19.2. The van der Waals surface area contributed by atoms with Crippen molar-refractivity contribution in [3.63, 3.8) is 0 Å². The molecule has 0 bridgehead atoms. The van der Waals surface area contributed by atoms with Crippen LogP contribution in [0.1, 0.15) is 30.0 Å². The normalized spacial score (nSPS) is 19.1. The SMILES string of the molecule is Cc1ccc([C@H]2[C@H](C(=O)NCCCn3cnc4ccccc43)CC(=O)N2C)cc1. The van der Waals surface area contributed by atoms with Gasteiger partial charge >= 0.3 is 0 Å². The molecule has 6 nitrogen and oxygen atoms in total. The van der Waals surface area contributed by atoms with Crippen LogP contribution < -0.4 is 5.32 Å². The van der Waals surface area contributed by atoms with E-state index in [1.54, 1.807) is 11.9 Å². The number of imidazole rings is 1. The van der Waals surface area contributed by atoms with Crippen molar-refractivity contribution >= 4 is 22.8 Å². The minimum atomic E-state index is -0.357. The van der Waals surface area contributed by atoms with Crippen molar-refractivity contribution in [2.45, 2.75) is 32.4 Å². The van der Waals surface area contributed by atoms with E-state index in [2.05, 4.69) is 14.9 Å². The van der Waals surface area contributed by atoms with Crippen molar-refractivity contribution in [3.05, 3.63) is 66.0 Å². The van der Waals surface area contributed by atoms with Crippen LogP contribution >= 0.6 is 0 Å². The number of hydrogen-bond acceptors (Lipinski definition) is 3. The first-order valence-electron chi connectivity index (χ1n) is 10.0. The molecule has 0 unspecified atom stereocenters. The lowest BCUT2D eigenvalue weighted by Crippen LogP contribution is -2.35. The Bertz CT molecular complexity index is 1020. The Labute approximate surface area is 170 Å². The molecule has 2 heterocycles. The van der Waals surface area contributed by atoms with Gasteiger partial charge in [-0.15, -0.1) is 0 Å². The van der Waals surface area contributed by atoms with E-state index in [1.165, 1.54) is 0 Å². The van der Waals surface area contributed by atoms with E-state index < -0.39 is 0 Å². The first-order chi connectivity index (χ1) is 14.0. The topological polar surface area (TPSA) is 67.2 Å². The standard InChI is InChI=1S/C23H26N4O2/c1-16-8-10-17(11-9-16)22-18(14-21(28)26(22)2)23(29)24-12-5-13-27-15-25-19-6-3-4-7-20(19)27/h3-4,6-11,15,18,22H,5,12-14H2,1-2H3,(H,24,29)/t18-,22+/m1/s1. The summed E-state index contributed by atoms with van der Waals surface area (Å²) < 4.78 is 2.10. The van der Waals surface area contributed by atoms with E-state index in [9.17, 15) is 9.59 Å². The van der Waals surface area contributed by atoms with E-state index in [1.807, 2.05) is 61.8 Å². The Morgan fingerprint density at radius 1 is 1.17 bits per heavy atom. The maximum Gasteiger partial charge on any atom is 0.226 e. The second kappa shape index (κ2) is 8.07. The zero-order valence-electron chi connectivity index (χ0n) is 16.8. The predicted octanol–water partition coefficient (Wildman–Crippen LogP) is 3.07. The second-order valence-electron chi connectivity index (χ2n) is 7.74. The highest BCUT2D eigenvalue weighted by Gasteiger charge is 2.42. The third-order valence-electron chi connectivity index (χ3n) is 5.74. The van der Waals surface area contributed by atoms with Crippen molar-refractivity contribution in [1.82, 2.24) is 19.8 Å². The molecular formula is C23H26N4O2. The molecule has 0 radical (unpaired) electrons. The highest BCUT2D eigenvalue weighted by Crippen LogP contribution is 2.37. The summed E-state index contributed by atoms with van der Waals surface area (Å²) in [6, 6.07) is 15.9. The van der Waals surface area contributed by atoms with Crippen LogP contribution in [-0.4, -0.2) is 39.9 Å². The Morgan fingerprint density at radius 3 is 2.72 bits per heavy atom. The van der Waals surface area contributed by atoms with Gasteiger partial charge in [-0.3, -0.25) is 9.59 Å². The molecule has 6 heteroatoms. The van der Waals surface area contributed by atoms with Crippen molar-refractivity contribution in [3.8, 4) is 0 Å². The van der Waals surface area contributed by atoms with Gasteiger partial charge in [0.05, 0.1) is 29.3 Å². The fourth-order valence-electron chi connectivity index (χ4n) is 4.10. The summed E-state index contributed by atoms with van der Waals surface area (Å²) in [7, 11) is 1.78. The number of fused-ring (bicyclic) bond motifs is 1. The van der Waals surface area contributed by atoms with Gasteiger partial charge in [0.1, 0.15) is 0 Å². The maximum absolute atomic E-state index is 12.9. The van der Waals surface area contributed by atoms with Gasteiger partial charge in [-0.1, -0.05) is 42.0 Å². The lowest BCUT2D eigenvalue weighted by Gasteiger charge is -2.25. The molecule has 1 aliphatic heterocycles. The molecule has 2 aromatic carbocycles. The molecule has 0 aliphatic carbocycles. The molecule has 1 aromatic heterocycles. The number of carbonyl (C=O) groups excluding carboxylic acids is 2. The summed E-state index contributed by atoms with van der Waals surface area (Å²) in [5.74, 6) is -0.395. The van der Waals surface area contributed by atoms with E-state index in [0.29, 0.717) is 6.54 Å². The number of hydrogen-bond donors (Lipinski definition) is 1. The molecule has 1 saturated heterocycles. The lowest BCUT2D eigenvalue weighted by molar-refractivity contribution is -0.128. The third-order valence-corrected chi connectivity index (χ3v) is 5.74. The number of rotatable bonds is 6. The first-order valence-corrected chi connectivity index (χ1v) is 10.0. The molecular weight excluding hydrogens is 364 g/mol. The minimum absolute atomic E-state index is 0.0145. The predicted molar refractivity (Wildman–Crippen MR) is 112 cm³/mol. The zero-order chi connectivity index (χ0) is 20.4. The highest BCUT2D eigenvalue weighted by molar-refractivity contribution is 5.90. The summed E-state index contributed by atoms with van der Waals surface area (Å²) >= 11 is 0. The summed E-state index contributed by atoms with van der Waals surface area (Å²) in [6.07, 6.45) is 2.90. The van der Waals surface area contributed by atoms with Gasteiger partial charge in [-0.2, -0.15) is 0 Å². The van der Waals surface area contributed by atoms with Gasteiger partial charge in [0.2, 0.25) is 11.8 Å². The molecule has 0 saturated carbocycles. The van der Waals surface area contributed by atoms with E-state index >= 15 is 0 Å². The van der Waals surface area contributed by atoms with Crippen molar-refractivity contribution in [2.75, 3.05) is 13.6 Å². The monoisotopic (exact) mass is 390 g/mol. The number of likely N-dealkylation sites (tertiary alicyclic amines) is 1. The Balaban J connectivity index is 1.36. The Kier molecular flexibility index (Phi) is 5.34. The van der Waals surface area contributed by atoms with Crippen LogP contribution in [0.15, 0.2) is 54.9 Å². The number of benzene rings is 2. The summed E-state index contributed by atoms with van der Waals surface area (Å²) in [6.45, 7) is 3.38. The smallest absolute Gasteiger partial charge is 0.226 e. The van der Waals surface area contributed by atoms with Gasteiger partial charge in [-0.05, 0) is 31.0 Å². The average molecular weight is 390 g/mol. The van der Waals surface area contributed by atoms with E-state index in [0.717, 1.165) is 35.1 Å². The number of nitrogens with one attached hydrogen (secondary N) is 1. The number of amides is 2. The van der Waals surface area contributed by atoms with E-state index in [-0.39, 0.29) is 30.2 Å². The quantitative estimate of drug-likeness (QED) is 0.658. The molecule has 150 valence electrons. The summed E-state index contributed by atoms with van der Waals surface area (Å²) in [5, 5.41) is 3.04. The largest absolute Gasteiger partial charge is 0.356 e. The Morgan fingerprint density at radius 2 is 1.93 bits per heavy atom. The molecule has 1 N–H and O–H groups in total. The average Bonchev–Trinajstić information content (AvgIpc) is 3.27. The van der Waals surface area contributed by atoms with Crippen LogP contribution in [0.4, 0.5) is 0 Å². The second-order valence-corrected chi connectivity index (χ2v) is 7.74. The highest BCUT2D eigenvalue weighted by atomic mass is 16.2. The molecule has 2 atom stereocenters. The number of aryl methyl sites for hydroxylation is 2. The molecule has 4 rings (SSSR count). The van der Waals surface area contributed by atoms with Crippen molar-refractivity contribution in [2.24, 2.45) is 5.92 Å². The van der Waals surface area contributed by atoms with E-state index in [4.69, 9.17) is 0 Å². The minimum Gasteiger partial charge on any atom is -0.356 e. The lowest BCUT2D eigenvalue weighted by atomic mass is 9.92. The van der Waals surface area contributed by atoms with Crippen LogP contribution in [-0.2, 0) is 16.1 Å². The van der Waals surface area contributed by atoms with Crippen LogP contribution in [0.2, 0.25) is 0 Å². The fraction of sp³-hybridized carbons (Fsp3) is 0.348. The molecule has 0 spiro atoms. The molecule has 3 aromatic rings. The zero-order valence-corrected chi connectivity index (χ0v) is 16.8.